The predicted molar refractivity (Wildman–Crippen MR) is 81.9 cm³/mol. The SMILES string of the molecule is Cc1ccc(F)c(S(=O)(=O)N2C(C(=O)O)CC3CCCCC32)c1. The van der Waals surface area contributed by atoms with E-state index in [9.17, 15) is 22.7 Å². The van der Waals surface area contributed by atoms with Crippen molar-refractivity contribution in [3.8, 4) is 0 Å². The molecule has 7 heteroatoms. The smallest absolute Gasteiger partial charge is 0.322 e. The molecular formula is C16H20FNO4S. The summed E-state index contributed by atoms with van der Waals surface area (Å²) in [6.07, 6.45) is 3.64. The van der Waals surface area contributed by atoms with Gasteiger partial charge in [0.15, 0.2) is 0 Å². The van der Waals surface area contributed by atoms with E-state index >= 15 is 0 Å². The van der Waals surface area contributed by atoms with E-state index in [0.717, 1.165) is 29.6 Å². The first-order chi connectivity index (χ1) is 10.8. The molecule has 5 nitrogen and oxygen atoms in total. The summed E-state index contributed by atoms with van der Waals surface area (Å²) in [6.45, 7) is 1.68. The summed E-state index contributed by atoms with van der Waals surface area (Å²) in [6, 6.07) is 2.45. The molecule has 3 rings (SSSR count). The molecule has 0 bridgehead atoms. The molecule has 0 spiro atoms. The van der Waals surface area contributed by atoms with E-state index in [4.69, 9.17) is 0 Å². The number of carboxylic acids is 1. The van der Waals surface area contributed by atoms with E-state index in [1.807, 2.05) is 0 Å². The van der Waals surface area contributed by atoms with Crippen molar-refractivity contribution in [2.45, 2.75) is 56.0 Å². The van der Waals surface area contributed by atoms with Crippen LogP contribution in [-0.4, -0.2) is 35.9 Å². The van der Waals surface area contributed by atoms with Crippen LogP contribution in [0.5, 0.6) is 0 Å². The van der Waals surface area contributed by atoms with Crippen molar-refractivity contribution >= 4 is 16.0 Å². The number of halogens is 1. The number of fused-ring (bicyclic) bond motifs is 1. The lowest BCUT2D eigenvalue weighted by molar-refractivity contribution is -0.141. The van der Waals surface area contributed by atoms with Gasteiger partial charge in [-0.25, -0.2) is 12.8 Å². The van der Waals surface area contributed by atoms with E-state index in [1.54, 1.807) is 6.92 Å². The molecule has 1 aliphatic carbocycles. The van der Waals surface area contributed by atoms with E-state index in [0.29, 0.717) is 18.4 Å². The van der Waals surface area contributed by atoms with Gasteiger partial charge in [-0.15, -0.1) is 0 Å². The first-order valence-corrected chi connectivity index (χ1v) is 9.29. The maximum Gasteiger partial charge on any atom is 0.322 e. The Labute approximate surface area is 135 Å². The number of rotatable bonds is 3. The molecule has 23 heavy (non-hydrogen) atoms. The van der Waals surface area contributed by atoms with Gasteiger partial charge in [-0.1, -0.05) is 18.9 Å². The predicted octanol–water partition coefficient (Wildman–Crippen LogP) is 2.54. The van der Waals surface area contributed by atoms with Crippen molar-refractivity contribution in [1.29, 1.82) is 0 Å². The van der Waals surface area contributed by atoms with Crippen molar-refractivity contribution < 1.29 is 22.7 Å². The topological polar surface area (TPSA) is 74.7 Å². The molecule has 1 heterocycles. The Morgan fingerprint density at radius 1 is 1.30 bits per heavy atom. The number of hydrogen-bond acceptors (Lipinski definition) is 3. The van der Waals surface area contributed by atoms with Gasteiger partial charge < -0.3 is 5.11 Å². The fourth-order valence-electron chi connectivity index (χ4n) is 3.90. The molecule has 1 aromatic carbocycles. The Morgan fingerprint density at radius 2 is 2.00 bits per heavy atom. The number of benzene rings is 1. The summed E-state index contributed by atoms with van der Waals surface area (Å²) >= 11 is 0. The zero-order valence-electron chi connectivity index (χ0n) is 12.9. The van der Waals surface area contributed by atoms with Crippen LogP contribution in [0, 0.1) is 18.7 Å². The Hall–Kier alpha value is -1.47. The first kappa shape index (κ1) is 16.4. The molecule has 1 aromatic rings. The second-order valence-corrected chi connectivity index (χ2v) is 8.28. The van der Waals surface area contributed by atoms with Crippen LogP contribution in [0.3, 0.4) is 0 Å². The van der Waals surface area contributed by atoms with Crippen LogP contribution in [0.4, 0.5) is 4.39 Å². The highest BCUT2D eigenvalue weighted by molar-refractivity contribution is 7.89. The van der Waals surface area contributed by atoms with Crippen LogP contribution in [0.1, 0.15) is 37.7 Å². The molecule has 1 N–H and O–H groups in total. The van der Waals surface area contributed by atoms with Gasteiger partial charge in [-0.3, -0.25) is 4.79 Å². The molecule has 1 saturated heterocycles. The maximum absolute atomic E-state index is 14.1. The standard InChI is InChI=1S/C16H20FNO4S/c1-10-6-7-12(17)15(8-10)23(21,22)18-13-5-3-2-4-11(13)9-14(18)16(19)20/h6-8,11,13-14H,2-5,9H2,1H3,(H,19,20). The molecule has 3 unspecified atom stereocenters. The third-order valence-corrected chi connectivity index (χ3v) is 6.91. The highest BCUT2D eigenvalue weighted by atomic mass is 32.2. The van der Waals surface area contributed by atoms with Crippen LogP contribution in [0.25, 0.3) is 0 Å². The molecule has 3 atom stereocenters. The van der Waals surface area contributed by atoms with Crippen LogP contribution >= 0.6 is 0 Å². The minimum Gasteiger partial charge on any atom is -0.480 e. The number of aryl methyl sites for hydroxylation is 1. The lowest BCUT2D eigenvalue weighted by atomic mass is 9.85. The molecule has 1 aliphatic heterocycles. The van der Waals surface area contributed by atoms with Crippen molar-refractivity contribution in [2.24, 2.45) is 5.92 Å². The molecule has 0 radical (unpaired) electrons. The van der Waals surface area contributed by atoms with Gasteiger partial charge >= 0.3 is 5.97 Å². The number of carbonyl (C=O) groups is 1. The van der Waals surface area contributed by atoms with Gasteiger partial charge in [-0.2, -0.15) is 4.31 Å². The fourth-order valence-corrected chi connectivity index (χ4v) is 5.92. The van der Waals surface area contributed by atoms with Crippen LogP contribution < -0.4 is 0 Å². The molecule has 1 saturated carbocycles. The largest absolute Gasteiger partial charge is 0.480 e. The van der Waals surface area contributed by atoms with E-state index < -0.39 is 32.7 Å². The number of aliphatic carboxylic acids is 1. The number of nitrogens with zero attached hydrogens (tertiary/aromatic N) is 1. The van der Waals surface area contributed by atoms with Crippen LogP contribution in [0.2, 0.25) is 0 Å². The van der Waals surface area contributed by atoms with Crippen LogP contribution in [0.15, 0.2) is 23.1 Å². The summed E-state index contributed by atoms with van der Waals surface area (Å²) < 4.78 is 41.2. The average Bonchev–Trinajstić information content (AvgIpc) is 2.90. The van der Waals surface area contributed by atoms with Crippen molar-refractivity contribution in [3.63, 3.8) is 0 Å². The summed E-state index contributed by atoms with van der Waals surface area (Å²) in [5.74, 6) is -1.94. The van der Waals surface area contributed by atoms with E-state index in [-0.39, 0.29) is 12.0 Å². The third kappa shape index (κ3) is 2.76. The van der Waals surface area contributed by atoms with E-state index in [2.05, 4.69) is 0 Å². The summed E-state index contributed by atoms with van der Waals surface area (Å²) in [5.41, 5.74) is 0.622. The zero-order chi connectivity index (χ0) is 16.8. The lowest BCUT2D eigenvalue weighted by Crippen LogP contribution is -2.46. The second-order valence-electron chi connectivity index (χ2n) is 6.47. The summed E-state index contributed by atoms with van der Waals surface area (Å²) in [7, 11) is -4.18. The normalized spacial score (nSPS) is 28.5. The minimum absolute atomic E-state index is 0.0486. The zero-order valence-corrected chi connectivity index (χ0v) is 13.7. The fraction of sp³-hybridized carbons (Fsp3) is 0.562. The van der Waals surface area contributed by atoms with Crippen LogP contribution in [-0.2, 0) is 14.8 Å². The molecule has 2 fully saturated rings. The average molecular weight is 341 g/mol. The molecule has 2 aliphatic rings. The second kappa shape index (κ2) is 5.87. The highest BCUT2D eigenvalue weighted by Gasteiger charge is 2.51. The number of hydrogen-bond donors (Lipinski definition) is 1. The van der Waals surface area contributed by atoms with Crippen molar-refractivity contribution in [2.75, 3.05) is 0 Å². The van der Waals surface area contributed by atoms with Gasteiger partial charge in [-0.05, 0) is 49.8 Å². The monoisotopic (exact) mass is 341 g/mol. The Balaban J connectivity index is 2.08. The van der Waals surface area contributed by atoms with Gasteiger partial charge in [0.2, 0.25) is 10.0 Å². The van der Waals surface area contributed by atoms with Gasteiger partial charge in [0.25, 0.3) is 0 Å². The lowest BCUT2D eigenvalue weighted by Gasteiger charge is -2.32. The highest BCUT2D eigenvalue weighted by Crippen LogP contribution is 2.43. The number of carboxylic acid groups (broad SMARTS) is 1. The van der Waals surface area contributed by atoms with Gasteiger partial charge in [0.1, 0.15) is 16.8 Å². The Kier molecular flexibility index (Phi) is 4.18. The Morgan fingerprint density at radius 3 is 2.70 bits per heavy atom. The molecule has 0 aromatic heterocycles. The quantitative estimate of drug-likeness (QED) is 0.917. The van der Waals surface area contributed by atoms with Crippen molar-refractivity contribution in [1.82, 2.24) is 4.31 Å². The van der Waals surface area contributed by atoms with Gasteiger partial charge in [0.05, 0.1) is 0 Å². The molecular weight excluding hydrogens is 321 g/mol. The summed E-state index contributed by atoms with van der Waals surface area (Å²) in [4.78, 5) is 11.2. The minimum atomic E-state index is -4.18. The van der Waals surface area contributed by atoms with Crippen molar-refractivity contribution in [3.05, 3.63) is 29.6 Å². The van der Waals surface area contributed by atoms with Gasteiger partial charge in [0, 0.05) is 6.04 Å². The Bertz CT molecular complexity index is 734. The molecule has 0 amide bonds. The first-order valence-electron chi connectivity index (χ1n) is 7.85. The molecule has 126 valence electrons. The maximum atomic E-state index is 14.1. The third-order valence-electron chi connectivity index (χ3n) is 4.96. The number of sulfonamides is 1. The van der Waals surface area contributed by atoms with E-state index in [1.165, 1.54) is 12.1 Å². The summed E-state index contributed by atoms with van der Waals surface area (Å²) in [5, 5.41) is 9.46.